The summed E-state index contributed by atoms with van der Waals surface area (Å²) in [6, 6.07) is 6.30. The van der Waals surface area contributed by atoms with Gasteiger partial charge in [-0.3, -0.25) is 9.20 Å². The van der Waals surface area contributed by atoms with Crippen LogP contribution in [0.1, 0.15) is 12.8 Å². The fraction of sp³-hybridized carbons (Fsp3) is 0.385. The first-order valence-electron chi connectivity index (χ1n) is 6.16. The molecule has 5 heteroatoms. The lowest BCUT2D eigenvalue weighted by Gasteiger charge is -2.30. The highest BCUT2D eigenvalue weighted by Crippen LogP contribution is 2.17. The first kappa shape index (κ1) is 11.1. The van der Waals surface area contributed by atoms with Crippen LogP contribution >= 0.6 is 0 Å². The molecule has 1 unspecified atom stereocenters. The van der Waals surface area contributed by atoms with E-state index in [1.54, 1.807) is 11.1 Å². The van der Waals surface area contributed by atoms with Gasteiger partial charge in [-0.1, -0.05) is 6.07 Å². The van der Waals surface area contributed by atoms with E-state index >= 15 is 0 Å². The molecule has 1 aliphatic rings. The van der Waals surface area contributed by atoms with Crippen LogP contribution in [0.5, 0.6) is 0 Å². The minimum Gasteiger partial charge on any atom is -0.367 e. The smallest absolute Gasteiger partial charge is 0.222 e. The maximum absolute atomic E-state index is 11.4. The van der Waals surface area contributed by atoms with Crippen molar-refractivity contribution in [3.05, 3.63) is 30.6 Å². The monoisotopic (exact) mass is 244 g/mol. The molecule has 94 valence electrons. The van der Waals surface area contributed by atoms with Crippen molar-refractivity contribution in [1.82, 2.24) is 14.3 Å². The Labute approximate surface area is 105 Å². The van der Waals surface area contributed by atoms with Gasteiger partial charge in [0, 0.05) is 38.4 Å². The van der Waals surface area contributed by atoms with Gasteiger partial charge in [0.05, 0.1) is 0 Å². The molecule has 2 aromatic rings. The second kappa shape index (κ2) is 4.33. The van der Waals surface area contributed by atoms with E-state index < -0.39 is 0 Å². The van der Waals surface area contributed by atoms with Crippen molar-refractivity contribution in [2.45, 2.75) is 18.9 Å². The zero-order chi connectivity index (χ0) is 12.5. The predicted octanol–water partition coefficient (Wildman–Crippen LogP) is 1.37. The molecule has 3 heterocycles. The van der Waals surface area contributed by atoms with Crippen molar-refractivity contribution in [3.63, 3.8) is 0 Å². The number of piperidine rings is 1. The number of carbonyl (C=O) groups is 1. The van der Waals surface area contributed by atoms with Gasteiger partial charge in [-0.15, -0.1) is 0 Å². The summed E-state index contributed by atoms with van der Waals surface area (Å²) in [6.45, 7) is 0.754. The molecule has 0 bridgehead atoms. The highest BCUT2D eigenvalue weighted by molar-refractivity contribution is 5.77. The highest BCUT2D eigenvalue weighted by atomic mass is 16.2. The minimum atomic E-state index is 0.230. The number of nitrogens with zero attached hydrogens (tertiary/aromatic N) is 3. The number of carbonyl (C=O) groups excluding carboxylic acids is 1. The van der Waals surface area contributed by atoms with Crippen LogP contribution in [0.3, 0.4) is 0 Å². The summed E-state index contributed by atoms with van der Waals surface area (Å²) >= 11 is 0. The number of hydrogen-bond donors (Lipinski definition) is 1. The van der Waals surface area contributed by atoms with E-state index in [2.05, 4.69) is 10.3 Å². The number of hydrogen-bond acceptors (Lipinski definition) is 3. The van der Waals surface area contributed by atoms with Crippen molar-refractivity contribution < 1.29 is 4.79 Å². The number of amides is 1. The van der Waals surface area contributed by atoms with Crippen LogP contribution in [0.4, 0.5) is 5.82 Å². The van der Waals surface area contributed by atoms with Gasteiger partial charge in [0.15, 0.2) is 0 Å². The molecule has 18 heavy (non-hydrogen) atoms. The van der Waals surface area contributed by atoms with E-state index in [0.717, 1.165) is 24.4 Å². The lowest BCUT2D eigenvalue weighted by atomic mass is 10.1. The van der Waals surface area contributed by atoms with E-state index in [0.29, 0.717) is 12.5 Å². The number of fused-ring (bicyclic) bond motifs is 1. The summed E-state index contributed by atoms with van der Waals surface area (Å²) in [5.74, 6) is 1.26. The van der Waals surface area contributed by atoms with Crippen molar-refractivity contribution in [2.24, 2.45) is 0 Å². The Hall–Kier alpha value is -2.04. The Morgan fingerprint density at radius 2 is 2.33 bits per heavy atom. The average Bonchev–Trinajstić information content (AvgIpc) is 2.83. The van der Waals surface area contributed by atoms with Crippen molar-refractivity contribution >= 4 is 17.4 Å². The number of nitrogens with one attached hydrogen (secondary N) is 1. The Balaban J connectivity index is 1.80. The Bertz CT molecular complexity index is 577. The van der Waals surface area contributed by atoms with Crippen LogP contribution in [-0.2, 0) is 4.79 Å². The number of imidazole rings is 1. The van der Waals surface area contributed by atoms with Gasteiger partial charge in [0.25, 0.3) is 0 Å². The molecule has 1 N–H and O–H groups in total. The maximum atomic E-state index is 11.4. The summed E-state index contributed by atoms with van der Waals surface area (Å²) in [4.78, 5) is 17.5. The second-order valence-corrected chi connectivity index (χ2v) is 4.72. The number of likely N-dealkylation sites (N-methyl/N-ethyl adjacent to an activating group) is 1. The van der Waals surface area contributed by atoms with Gasteiger partial charge in [-0.25, -0.2) is 4.98 Å². The quantitative estimate of drug-likeness (QED) is 0.868. The summed E-state index contributed by atoms with van der Waals surface area (Å²) < 4.78 is 2.02. The molecular formula is C13H16N4O. The Morgan fingerprint density at radius 1 is 1.44 bits per heavy atom. The lowest BCUT2D eigenvalue weighted by Crippen LogP contribution is -2.43. The molecule has 1 saturated heterocycles. The number of pyridine rings is 1. The fourth-order valence-electron chi connectivity index (χ4n) is 2.40. The molecule has 2 aromatic heterocycles. The fourth-order valence-corrected chi connectivity index (χ4v) is 2.40. The van der Waals surface area contributed by atoms with E-state index in [9.17, 15) is 4.79 Å². The Morgan fingerprint density at radius 3 is 3.17 bits per heavy atom. The molecule has 0 spiro atoms. The SMILES string of the molecule is CN1CC(Nc2cccc3nccn23)CCC1=O. The highest BCUT2D eigenvalue weighted by Gasteiger charge is 2.22. The third-order valence-corrected chi connectivity index (χ3v) is 3.41. The van der Waals surface area contributed by atoms with Gasteiger partial charge in [-0.2, -0.15) is 0 Å². The van der Waals surface area contributed by atoms with Gasteiger partial charge < -0.3 is 10.2 Å². The molecule has 5 nitrogen and oxygen atoms in total. The summed E-state index contributed by atoms with van der Waals surface area (Å²) in [5, 5.41) is 3.49. The molecule has 0 radical (unpaired) electrons. The summed E-state index contributed by atoms with van der Waals surface area (Å²) in [7, 11) is 1.86. The molecule has 1 amide bonds. The zero-order valence-corrected chi connectivity index (χ0v) is 10.3. The average molecular weight is 244 g/mol. The third-order valence-electron chi connectivity index (χ3n) is 3.41. The van der Waals surface area contributed by atoms with Gasteiger partial charge >= 0.3 is 0 Å². The van der Waals surface area contributed by atoms with E-state index in [-0.39, 0.29) is 5.91 Å². The molecule has 0 aromatic carbocycles. The van der Waals surface area contributed by atoms with Crippen LogP contribution < -0.4 is 5.32 Å². The lowest BCUT2D eigenvalue weighted by molar-refractivity contribution is -0.132. The van der Waals surface area contributed by atoms with Gasteiger partial charge in [0.2, 0.25) is 5.91 Å². The largest absolute Gasteiger partial charge is 0.367 e. The number of anilines is 1. The van der Waals surface area contributed by atoms with E-state index in [1.807, 2.05) is 35.8 Å². The number of aromatic nitrogens is 2. The molecule has 1 fully saturated rings. The Kier molecular flexibility index (Phi) is 2.66. The normalized spacial score (nSPS) is 20.4. The van der Waals surface area contributed by atoms with Gasteiger partial charge in [0.1, 0.15) is 11.5 Å². The van der Waals surface area contributed by atoms with E-state index in [4.69, 9.17) is 0 Å². The predicted molar refractivity (Wildman–Crippen MR) is 69.5 cm³/mol. The first-order valence-corrected chi connectivity index (χ1v) is 6.16. The third kappa shape index (κ3) is 1.92. The number of likely N-dealkylation sites (tertiary alicyclic amines) is 1. The molecule has 1 atom stereocenters. The summed E-state index contributed by atoms with van der Waals surface area (Å²) in [6.07, 6.45) is 5.23. The maximum Gasteiger partial charge on any atom is 0.222 e. The molecular weight excluding hydrogens is 228 g/mol. The summed E-state index contributed by atoms with van der Waals surface area (Å²) in [5.41, 5.74) is 0.931. The standard InChI is InChI=1S/C13H16N4O/c1-16-9-10(5-6-13(16)18)15-12-4-2-3-11-14-7-8-17(11)12/h2-4,7-8,10,15H,5-6,9H2,1H3. The number of rotatable bonds is 2. The van der Waals surface area contributed by atoms with Crippen molar-refractivity contribution in [1.29, 1.82) is 0 Å². The molecule has 0 saturated carbocycles. The molecule has 1 aliphatic heterocycles. The van der Waals surface area contributed by atoms with Crippen molar-refractivity contribution in [3.8, 4) is 0 Å². The minimum absolute atomic E-state index is 0.230. The van der Waals surface area contributed by atoms with Crippen LogP contribution in [0.25, 0.3) is 5.65 Å². The van der Waals surface area contributed by atoms with Crippen LogP contribution in [0.15, 0.2) is 30.6 Å². The van der Waals surface area contributed by atoms with Crippen LogP contribution in [0, 0.1) is 0 Å². The van der Waals surface area contributed by atoms with Crippen LogP contribution in [0.2, 0.25) is 0 Å². The van der Waals surface area contributed by atoms with Crippen molar-refractivity contribution in [2.75, 3.05) is 18.9 Å². The molecule has 0 aliphatic carbocycles. The van der Waals surface area contributed by atoms with Crippen LogP contribution in [-0.4, -0.2) is 39.8 Å². The molecule has 3 rings (SSSR count). The first-order chi connectivity index (χ1) is 8.74. The topological polar surface area (TPSA) is 49.6 Å². The zero-order valence-electron chi connectivity index (χ0n) is 10.3. The second-order valence-electron chi connectivity index (χ2n) is 4.72. The van der Waals surface area contributed by atoms with Gasteiger partial charge in [-0.05, 0) is 18.6 Å². The van der Waals surface area contributed by atoms with E-state index in [1.165, 1.54) is 0 Å².